The Morgan fingerprint density at radius 3 is 3.04 bits per heavy atom. The Bertz CT molecular complexity index is 668. The Balaban J connectivity index is 0.00000208. The number of benzene rings is 1. The van der Waals surface area contributed by atoms with E-state index in [0.717, 1.165) is 19.6 Å². The van der Waals surface area contributed by atoms with E-state index in [1.165, 1.54) is 0 Å². The van der Waals surface area contributed by atoms with Crippen molar-refractivity contribution < 1.29 is 9.26 Å². The number of hydrogen-bond acceptors (Lipinski definition) is 6. The van der Waals surface area contributed by atoms with Crippen LogP contribution in [0.4, 0.5) is 0 Å². The zero-order valence-corrected chi connectivity index (χ0v) is 15.5. The lowest BCUT2D eigenvalue weighted by Gasteiger charge is -2.30. The summed E-state index contributed by atoms with van der Waals surface area (Å²) in [5.74, 6) is 1.81. The van der Waals surface area contributed by atoms with Crippen molar-refractivity contribution in [1.82, 2.24) is 20.4 Å². The fraction of sp³-hybridized carbons (Fsp3) is 0.467. The summed E-state index contributed by atoms with van der Waals surface area (Å²) in [5, 5.41) is 8.29. The minimum absolute atomic E-state index is 0. The normalized spacial score (nSPS) is 18.2. The number of piperazine rings is 1. The number of nitrogens with zero attached hydrogens (tertiary/aromatic N) is 3. The molecule has 0 radical (unpaired) electrons. The molecule has 0 amide bonds. The maximum atomic E-state index is 6.08. The van der Waals surface area contributed by atoms with Crippen molar-refractivity contribution in [2.24, 2.45) is 0 Å². The van der Waals surface area contributed by atoms with Crippen LogP contribution in [0.1, 0.15) is 17.8 Å². The predicted molar refractivity (Wildman–Crippen MR) is 95.4 cm³/mol. The molecule has 132 valence electrons. The van der Waals surface area contributed by atoms with E-state index in [1.54, 1.807) is 18.2 Å². The van der Waals surface area contributed by atoms with Gasteiger partial charge < -0.3 is 14.6 Å². The van der Waals surface area contributed by atoms with Crippen LogP contribution in [-0.2, 0) is 6.42 Å². The SMILES string of the molecule is CN1CCNCC1c1noc(CCOc2cccc(Cl)c2Cl)n1.Cl. The van der Waals surface area contributed by atoms with Crippen LogP contribution in [0.2, 0.25) is 10.0 Å². The first-order chi connectivity index (χ1) is 11.1. The maximum Gasteiger partial charge on any atom is 0.230 e. The van der Waals surface area contributed by atoms with Gasteiger partial charge in [-0.2, -0.15) is 4.98 Å². The lowest BCUT2D eigenvalue weighted by Crippen LogP contribution is -2.44. The molecule has 1 unspecified atom stereocenters. The van der Waals surface area contributed by atoms with E-state index in [0.29, 0.717) is 40.5 Å². The van der Waals surface area contributed by atoms with E-state index in [4.69, 9.17) is 32.5 Å². The van der Waals surface area contributed by atoms with E-state index in [-0.39, 0.29) is 18.4 Å². The molecule has 3 rings (SSSR count). The van der Waals surface area contributed by atoms with Crippen molar-refractivity contribution in [3.05, 3.63) is 40.0 Å². The van der Waals surface area contributed by atoms with Crippen molar-refractivity contribution in [1.29, 1.82) is 0 Å². The molecule has 24 heavy (non-hydrogen) atoms. The zero-order chi connectivity index (χ0) is 16.2. The molecular weight excluding hydrogens is 375 g/mol. The Morgan fingerprint density at radius 2 is 2.25 bits per heavy atom. The molecule has 9 heteroatoms. The summed E-state index contributed by atoms with van der Waals surface area (Å²) < 4.78 is 10.9. The van der Waals surface area contributed by atoms with Gasteiger partial charge in [0.05, 0.1) is 24.1 Å². The Labute approximate surface area is 156 Å². The van der Waals surface area contributed by atoms with Crippen LogP contribution in [0.5, 0.6) is 5.75 Å². The van der Waals surface area contributed by atoms with Gasteiger partial charge in [0, 0.05) is 19.6 Å². The van der Waals surface area contributed by atoms with Gasteiger partial charge in [0.1, 0.15) is 10.8 Å². The summed E-state index contributed by atoms with van der Waals surface area (Å²) in [7, 11) is 2.06. The van der Waals surface area contributed by atoms with Crippen LogP contribution in [-0.4, -0.2) is 48.3 Å². The number of nitrogens with one attached hydrogen (secondary N) is 1. The van der Waals surface area contributed by atoms with Crippen molar-refractivity contribution in [2.45, 2.75) is 12.5 Å². The van der Waals surface area contributed by atoms with E-state index >= 15 is 0 Å². The molecule has 0 bridgehead atoms. The maximum absolute atomic E-state index is 6.08. The third-order valence-electron chi connectivity index (χ3n) is 3.78. The van der Waals surface area contributed by atoms with Crippen LogP contribution >= 0.6 is 35.6 Å². The zero-order valence-electron chi connectivity index (χ0n) is 13.2. The molecule has 1 aromatic carbocycles. The molecule has 1 saturated heterocycles. The lowest BCUT2D eigenvalue weighted by atomic mass is 10.2. The molecule has 1 fully saturated rings. The number of ether oxygens (including phenoxy) is 1. The molecule has 0 saturated carbocycles. The molecule has 6 nitrogen and oxygen atoms in total. The predicted octanol–water partition coefficient (Wildman–Crippen LogP) is 3.00. The second-order valence-corrected chi connectivity index (χ2v) is 6.18. The molecular formula is C15H19Cl3N4O2. The van der Waals surface area contributed by atoms with Gasteiger partial charge in [0.25, 0.3) is 0 Å². The third kappa shape index (κ3) is 4.52. The van der Waals surface area contributed by atoms with Gasteiger partial charge in [-0.3, -0.25) is 4.90 Å². The number of halogens is 3. The van der Waals surface area contributed by atoms with Crippen molar-refractivity contribution >= 4 is 35.6 Å². The molecule has 1 aromatic heterocycles. The van der Waals surface area contributed by atoms with Crippen molar-refractivity contribution in [2.75, 3.05) is 33.3 Å². The smallest absolute Gasteiger partial charge is 0.230 e. The Hall–Kier alpha value is -1.05. The monoisotopic (exact) mass is 392 g/mol. The molecule has 2 heterocycles. The van der Waals surface area contributed by atoms with Gasteiger partial charge in [-0.05, 0) is 19.2 Å². The molecule has 0 spiro atoms. The number of aromatic nitrogens is 2. The summed E-state index contributed by atoms with van der Waals surface area (Å²) >= 11 is 12.0. The summed E-state index contributed by atoms with van der Waals surface area (Å²) in [5.41, 5.74) is 0. The minimum Gasteiger partial charge on any atom is -0.491 e. The first-order valence-electron chi connectivity index (χ1n) is 7.45. The lowest BCUT2D eigenvalue weighted by molar-refractivity contribution is 0.190. The highest BCUT2D eigenvalue weighted by atomic mass is 35.5. The van der Waals surface area contributed by atoms with E-state index in [1.807, 2.05) is 0 Å². The first kappa shape index (κ1) is 19.3. The second kappa shape index (κ2) is 8.87. The average molecular weight is 394 g/mol. The van der Waals surface area contributed by atoms with Crippen LogP contribution in [0.25, 0.3) is 0 Å². The standard InChI is InChI=1S/C15H18Cl2N4O2.ClH/c1-21-7-6-18-9-11(21)15-19-13(23-20-15)5-8-22-12-4-2-3-10(16)14(12)17;/h2-4,11,18H,5-9H2,1H3;1H. The highest BCUT2D eigenvalue weighted by molar-refractivity contribution is 6.42. The number of likely N-dealkylation sites (N-methyl/N-ethyl adjacent to an activating group) is 1. The fourth-order valence-electron chi connectivity index (χ4n) is 2.44. The average Bonchev–Trinajstić information content (AvgIpc) is 3.00. The van der Waals surface area contributed by atoms with E-state index < -0.39 is 0 Å². The van der Waals surface area contributed by atoms with Gasteiger partial charge in [-0.1, -0.05) is 34.4 Å². The van der Waals surface area contributed by atoms with E-state index in [2.05, 4.69) is 27.4 Å². The topological polar surface area (TPSA) is 63.4 Å². The molecule has 1 N–H and O–H groups in total. The molecule has 2 aromatic rings. The van der Waals surface area contributed by atoms with Crippen LogP contribution in [0, 0.1) is 0 Å². The summed E-state index contributed by atoms with van der Waals surface area (Å²) in [6.07, 6.45) is 0.514. The number of rotatable bonds is 5. The fourth-order valence-corrected chi connectivity index (χ4v) is 2.79. The summed E-state index contributed by atoms with van der Waals surface area (Å²) in [6, 6.07) is 5.43. The second-order valence-electron chi connectivity index (χ2n) is 5.40. The third-order valence-corrected chi connectivity index (χ3v) is 4.58. The van der Waals surface area contributed by atoms with Gasteiger partial charge in [-0.25, -0.2) is 0 Å². The minimum atomic E-state index is 0. The van der Waals surface area contributed by atoms with Gasteiger partial charge >= 0.3 is 0 Å². The number of hydrogen-bond donors (Lipinski definition) is 1. The van der Waals surface area contributed by atoms with Crippen LogP contribution in [0.3, 0.4) is 0 Å². The van der Waals surface area contributed by atoms with Gasteiger partial charge in [0.2, 0.25) is 5.89 Å². The molecule has 1 aliphatic rings. The highest BCUT2D eigenvalue weighted by Gasteiger charge is 2.25. The van der Waals surface area contributed by atoms with Crippen molar-refractivity contribution in [3.63, 3.8) is 0 Å². The van der Waals surface area contributed by atoms with Crippen LogP contribution < -0.4 is 10.1 Å². The van der Waals surface area contributed by atoms with Gasteiger partial charge in [-0.15, -0.1) is 12.4 Å². The summed E-state index contributed by atoms with van der Waals surface area (Å²) in [4.78, 5) is 6.67. The quantitative estimate of drug-likeness (QED) is 0.842. The highest BCUT2D eigenvalue weighted by Crippen LogP contribution is 2.31. The summed E-state index contributed by atoms with van der Waals surface area (Å²) in [6.45, 7) is 3.15. The van der Waals surface area contributed by atoms with Crippen molar-refractivity contribution in [3.8, 4) is 5.75 Å². The Morgan fingerprint density at radius 1 is 1.42 bits per heavy atom. The van der Waals surface area contributed by atoms with E-state index in [9.17, 15) is 0 Å². The van der Waals surface area contributed by atoms with Crippen LogP contribution in [0.15, 0.2) is 22.7 Å². The van der Waals surface area contributed by atoms with Gasteiger partial charge in [0.15, 0.2) is 5.82 Å². The molecule has 1 atom stereocenters. The first-order valence-corrected chi connectivity index (χ1v) is 8.21. The molecule has 1 aliphatic heterocycles. The largest absolute Gasteiger partial charge is 0.491 e. The Kier molecular flexibility index (Phi) is 7.13. The molecule has 0 aliphatic carbocycles.